The van der Waals surface area contributed by atoms with Crippen molar-refractivity contribution in [1.29, 1.82) is 0 Å². The molecule has 0 bridgehead atoms. The van der Waals surface area contributed by atoms with Gasteiger partial charge in [0.1, 0.15) is 11.5 Å². The van der Waals surface area contributed by atoms with Crippen LogP contribution in [0.1, 0.15) is 38.2 Å². The lowest BCUT2D eigenvalue weighted by atomic mass is 9.95. The van der Waals surface area contributed by atoms with E-state index in [9.17, 15) is 4.79 Å². The van der Waals surface area contributed by atoms with E-state index >= 15 is 0 Å². The summed E-state index contributed by atoms with van der Waals surface area (Å²) in [6.07, 6.45) is 0. The Balaban J connectivity index is 2.68. The second-order valence-corrected chi connectivity index (χ2v) is 5.65. The maximum absolute atomic E-state index is 13.1. The Hall–Kier alpha value is -2.29. The molecule has 0 radical (unpaired) electrons. The van der Waals surface area contributed by atoms with Gasteiger partial charge < -0.3 is 9.47 Å². The molecule has 22 heavy (non-hydrogen) atoms. The van der Waals surface area contributed by atoms with E-state index in [4.69, 9.17) is 9.47 Å². The lowest BCUT2D eigenvalue weighted by molar-refractivity contribution is 0.103. The zero-order chi connectivity index (χ0) is 16.4. The number of carbonyl (C=O) groups excluding carboxylic acids is 1. The number of carbonyl (C=O) groups is 1. The molecule has 116 valence electrons. The second kappa shape index (κ2) is 6.22. The average Bonchev–Trinajstić information content (AvgIpc) is 2.45. The van der Waals surface area contributed by atoms with Crippen LogP contribution in [0.5, 0.6) is 11.5 Å². The molecule has 2 rings (SSSR count). The molecule has 0 aliphatic rings. The molecule has 2 aromatic carbocycles. The third-order valence-electron chi connectivity index (χ3n) is 3.74. The Morgan fingerprint density at radius 2 is 1.09 bits per heavy atom. The van der Waals surface area contributed by atoms with E-state index in [1.807, 2.05) is 52.0 Å². The summed E-state index contributed by atoms with van der Waals surface area (Å²) < 4.78 is 10.9. The average molecular weight is 298 g/mol. The largest absolute Gasteiger partial charge is 0.496 e. The highest BCUT2D eigenvalue weighted by Crippen LogP contribution is 2.32. The van der Waals surface area contributed by atoms with Crippen LogP contribution in [-0.4, -0.2) is 20.0 Å². The fourth-order valence-corrected chi connectivity index (χ4v) is 2.93. The first kappa shape index (κ1) is 16.1. The van der Waals surface area contributed by atoms with Crippen molar-refractivity contribution >= 4 is 5.78 Å². The minimum atomic E-state index is -0.0766. The molecule has 0 aromatic heterocycles. The highest BCUT2D eigenvalue weighted by molar-refractivity contribution is 6.13. The van der Waals surface area contributed by atoms with Gasteiger partial charge in [0, 0.05) is 0 Å². The highest BCUT2D eigenvalue weighted by atomic mass is 16.5. The number of benzene rings is 2. The molecule has 0 unspecified atom stereocenters. The predicted molar refractivity (Wildman–Crippen MR) is 88.4 cm³/mol. The molecule has 3 heteroatoms. The van der Waals surface area contributed by atoms with E-state index in [0.717, 1.165) is 22.3 Å². The summed E-state index contributed by atoms with van der Waals surface area (Å²) in [4.78, 5) is 13.1. The van der Waals surface area contributed by atoms with Gasteiger partial charge in [0.2, 0.25) is 5.78 Å². The number of hydrogen-bond acceptors (Lipinski definition) is 3. The van der Waals surface area contributed by atoms with Crippen LogP contribution in [0.4, 0.5) is 0 Å². The monoisotopic (exact) mass is 298 g/mol. The van der Waals surface area contributed by atoms with Crippen molar-refractivity contribution in [3.05, 3.63) is 57.6 Å². The third-order valence-corrected chi connectivity index (χ3v) is 3.74. The topological polar surface area (TPSA) is 35.5 Å². The Bertz CT molecular complexity index is 668. The molecule has 0 fully saturated rings. The SMILES string of the molecule is COc1c(C)cc(C)cc1C(=O)c1cc(C)cc(C)c1OC. The molecule has 0 aliphatic carbocycles. The van der Waals surface area contributed by atoms with Crippen LogP contribution in [0.3, 0.4) is 0 Å². The van der Waals surface area contributed by atoms with E-state index in [1.165, 1.54) is 0 Å². The van der Waals surface area contributed by atoms with Crippen LogP contribution in [0.25, 0.3) is 0 Å². The number of methoxy groups -OCH3 is 2. The third kappa shape index (κ3) is 2.84. The van der Waals surface area contributed by atoms with Gasteiger partial charge in [-0.1, -0.05) is 12.1 Å². The van der Waals surface area contributed by atoms with Gasteiger partial charge in [-0.3, -0.25) is 4.79 Å². The summed E-state index contributed by atoms with van der Waals surface area (Å²) in [5, 5.41) is 0. The van der Waals surface area contributed by atoms with Crippen LogP contribution in [-0.2, 0) is 0 Å². The van der Waals surface area contributed by atoms with Crippen molar-refractivity contribution in [3.8, 4) is 11.5 Å². The number of hydrogen-bond donors (Lipinski definition) is 0. The Kier molecular flexibility index (Phi) is 4.55. The quantitative estimate of drug-likeness (QED) is 0.795. The Morgan fingerprint density at radius 3 is 1.41 bits per heavy atom. The fraction of sp³-hybridized carbons (Fsp3) is 0.316. The number of ketones is 1. The van der Waals surface area contributed by atoms with E-state index in [-0.39, 0.29) is 5.78 Å². The van der Waals surface area contributed by atoms with Crippen LogP contribution in [0.2, 0.25) is 0 Å². The van der Waals surface area contributed by atoms with Gasteiger partial charge in [-0.15, -0.1) is 0 Å². The Morgan fingerprint density at radius 1 is 0.727 bits per heavy atom. The van der Waals surface area contributed by atoms with Crippen molar-refractivity contribution < 1.29 is 14.3 Å². The molecule has 0 saturated heterocycles. The summed E-state index contributed by atoms with van der Waals surface area (Å²) in [5.74, 6) is 1.17. The van der Waals surface area contributed by atoms with Crippen molar-refractivity contribution in [3.63, 3.8) is 0 Å². The summed E-state index contributed by atoms with van der Waals surface area (Å²) in [6.45, 7) is 7.84. The van der Waals surface area contributed by atoms with Gasteiger partial charge in [-0.25, -0.2) is 0 Å². The van der Waals surface area contributed by atoms with Gasteiger partial charge in [-0.2, -0.15) is 0 Å². The van der Waals surface area contributed by atoms with Crippen LogP contribution in [0.15, 0.2) is 24.3 Å². The molecule has 0 amide bonds. The first-order chi connectivity index (χ1) is 10.4. The first-order valence-corrected chi connectivity index (χ1v) is 7.24. The van der Waals surface area contributed by atoms with Gasteiger partial charge in [0.25, 0.3) is 0 Å². The van der Waals surface area contributed by atoms with E-state index in [2.05, 4.69) is 0 Å². The summed E-state index contributed by atoms with van der Waals surface area (Å²) in [5.41, 5.74) is 5.12. The van der Waals surface area contributed by atoms with Crippen LogP contribution >= 0.6 is 0 Å². The molecule has 0 heterocycles. The molecule has 3 nitrogen and oxygen atoms in total. The zero-order valence-electron chi connectivity index (χ0n) is 14.0. The van der Waals surface area contributed by atoms with Crippen molar-refractivity contribution in [2.75, 3.05) is 14.2 Å². The van der Waals surface area contributed by atoms with Crippen LogP contribution in [0, 0.1) is 27.7 Å². The standard InChI is InChI=1S/C19H22O3/c1-11-7-13(3)18(21-5)15(9-11)17(20)16-10-12(2)8-14(4)19(16)22-6/h7-10H,1-6H3. The lowest BCUT2D eigenvalue weighted by Gasteiger charge is -2.15. The van der Waals surface area contributed by atoms with E-state index in [0.29, 0.717) is 22.6 Å². The van der Waals surface area contributed by atoms with Crippen molar-refractivity contribution in [2.24, 2.45) is 0 Å². The molecule has 0 saturated carbocycles. The predicted octanol–water partition coefficient (Wildman–Crippen LogP) is 4.17. The van der Waals surface area contributed by atoms with Gasteiger partial charge in [0.05, 0.1) is 25.3 Å². The summed E-state index contributed by atoms with van der Waals surface area (Å²) >= 11 is 0. The zero-order valence-corrected chi connectivity index (χ0v) is 14.0. The van der Waals surface area contributed by atoms with Crippen LogP contribution < -0.4 is 9.47 Å². The summed E-state index contributed by atoms with van der Waals surface area (Å²) in [6, 6.07) is 7.75. The normalized spacial score (nSPS) is 10.5. The Labute approximate surface area is 131 Å². The number of aryl methyl sites for hydroxylation is 4. The molecule has 2 aromatic rings. The minimum absolute atomic E-state index is 0.0766. The second-order valence-electron chi connectivity index (χ2n) is 5.65. The van der Waals surface area contributed by atoms with Gasteiger partial charge in [-0.05, 0) is 62.1 Å². The first-order valence-electron chi connectivity index (χ1n) is 7.24. The molecule has 0 atom stereocenters. The van der Waals surface area contributed by atoms with Crippen molar-refractivity contribution in [2.45, 2.75) is 27.7 Å². The molecule has 0 spiro atoms. The maximum Gasteiger partial charge on any atom is 0.200 e. The molecular formula is C19H22O3. The fourth-order valence-electron chi connectivity index (χ4n) is 2.93. The van der Waals surface area contributed by atoms with Gasteiger partial charge >= 0.3 is 0 Å². The van der Waals surface area contributed by atoms with Crippen molar-refractivity contribution in [1.82, 2.24) is 0 Å². The molecular weight excluding hydrogens is 276 g/mol. The molecule has 0 N–H and O–H groups in total. The highest BCUT2D eigenvalue weighted by Gasteiger charge is 2.21. The number of ether oxygens (including phenoxy) is 2. The maximum atomic E-state index is 13.1. The van der Waals surface area contributed by atoms with E-state index < -0.39 is 0 Å². The van der Waals surface area contributed by atoms with Gasteiger partial charge in [0.15, 0.2) is 0 Å². The smallest absolute Gasteiger partial charge is 0.200 e. The minimum Gasteiger partial charge on any atom is -0.496 e. The molecule has 0 aliphatic heterocycles. The lowest BCUT2D eigenvalue weighted by Crippen LogP contribution is -2.09. The number of rotatable bonds is 4. The summed E-state index contributed by atoms with van der Waals surface area (Å²) in [7, 11) is 3.18. The van der Waals surface area contributed by atoms with E-state index in [1.54, 1.807) is 14.2 Å².